The molecule has 0 heterocycles. The van der Waals surface area contributed by atoms with Crippen LogP contribution in [0.15, 0.2) is 28.7 Å². The number of benzene rings is 1. The molecule has 1 atom stereocenters. The van der Waals surface area contributed by atoms with Gasteiger partial charge in [-0.1, -0.05) is 57.6 Å². The maximum Gasteiger partial charge on any atom is 0.253 e. The number of thioether (sulfide) groups is 1. The van der Waals surface area contributed by atoms with Gasteiger partial charge in [0.15, 0.2) is 0 Å². The molecule has 0 aromatic heterocycles. The van der Waals surface area contributed by atoms with Gasteiger partial charge in [-0.25, -0.2) is 0 Å². The van der Waals surface area contributed by atoms with Crippen LogP contribution in [0.3, 0.4) is 0 Å². The standard InChI is InChI=1S/C21H33BrN2O2S/c1-3-4-5-6-7-8-11-15-23-21(26)19(14-16-27-2)24-20(25)17-12-9-10-13-18(17)22/h9-10,12-13,19H,3-8,11,14-16H2,1-2H3,(H,23,26)(H,24,25). The van der Waals surface area contributed by atoms with E-state index < -0.39 is 6.04 Å². The largest absolute Gasteiger partial charge is 0.354 e. The fraction of sp³-hybridized carbons (Fsp3) is 0.619. The van der Waals surface area contributed by atoms with Crippen molar-refractivity contribution in [2.24, 2.45) is 0 Å². The summed E-state index contributed by atoms with van der Waals surface area (Å²) < 4.78 is 0.731. The Morgan fingerprint density at radius 2 is 1.74 bits per heavy atom. The molecule has 0 bridgehead atoms. The van der Waals surface area contributed by atoms with Crippen LogP contribution in [0, 0.1) is 0 Å². The second kappa shape index (κ2) is 15.0. The van der Waals surface area contributed by atoms with Crippen LogP contribution in [0.1, 0.15) is 68.6 Å². The maximum atomic E-state index is 12.5. The Labute approximate surface area is 176 Å². The first-order valence-corrected chi connectivity index (χ1v) is 12.1. The molecule has 152 valence electrons. The van der Waals surface area contributed by atoms with Gasteiger partial charge in [-0.15, -0.1) is 0 Å². The van der Waals surface area contributed by atoms with Gasteiger partial charge in [-0.2, -0.15) is 11.8 Å². The molecule has 0 fully saturated rings. The van der Waals surface area contributed by atoms with E-state index in [4.69, 9.17) is 0 Å². The highest BCUT2D eigenvalue weighted by Crippen LogP contribution is 2.16. The highest BCUT2D eigenvalue weighted by atomic mass is 79.9. The minimum Gasteiger partial charge on any atom is -0.354 e. The molecular weight excluding hydrogens is 424 g/mol. The first-order chi connectivity index (χ1) is 13.1. The second-order valence-corrected chi connectivity index (χ2v) is 8.54. The fourth-order valence-corrected chi connectivity index (χ4v) is 3.74. The monoisotopic (exact) mass is 456 g/mol. The van der Waals surface area contributed by atoms with Crippen molar-refractivity contribution in [2.75, 3.05) is 18.6 Å². The number of hydrogen-bond donors (Lipinski definition) is 2. The number of hydrogen-bond acceptors (Lipinski definition) is 3. The number of halogens is 1. The van der Waals surface area contributed by atoms with Crippen LogP contribution in [0.5, 0.6) is 0 Å². The van der Waals surface area contributed by atoms with Gasteiger partial charge in [-0.3, -0.25) is 9.59 Å². The van der Waals surface area contributed by atoms with Crippen LogP contribution >= 0.6 is 27.7 Å². The quantitative estimate of drug-likeness (QED) is 0.379. The van der Waals surface area contributed by atoms with Gasteiger partial charge in [0.1, 0.15) is 6.04 Å². The number of carbonyl (C=O) groups is 2. The van der Waals surface area contributed by atoms with Crippen LogP contribution in [0.2, 0.25) is 0 Å². The lowest BCUT2D eigenvalue weighted by molar-refractivity contribution is -0.123. The van der Waals surface area contributed by atoms with E-state index in [2.05, 4.69) is 33.5 Å². The van der Waals surface area contributed by atoms with E-state index in [0.717, 1.165) is 23.1 Å². The van der Waals surface area contributed by atoms with Gasteiger partial charge in [-0.05, 0) is 52.9 Å². The zero-order valence-electron chi connectivity index (χ0n) is 16.6. The molecule has 1 aromatic carbocycles. The Bertz CT molecular complexity index is 569. The van der Waals surface area contributed by atoms with Crippen LogP contribution < -0.4 is 10.6 Å². The number of carbonyl (C=O) groups excluding carboxylic acids is 2. The summed E-state index contributed by atoms with van der Waals surface area (Å²) in [4.78, 5) is 25.0. The van der Waals surface area contributed by atoms with Gasteiger partial charge in [0.25, 0.3) is 5.91 Å². The summed E-state index contributed by atoms with van der Waals surface area (Å²) in [6, 6.07) is 6.76. The van der Waals surface area contributed by atoms with E-state index in [-0.39, 0.29) is 11.8 Å². The molecule has 4 nitrogen and oxygen atoms in total. The molecule has 0 aliphatic carbocycles. The molecule has 6 heteroatoms. The van der Waals surface area contributed by atoms with Crippen LogP contribution in [-0.2, 0) is 4.79 Å². The normalized spacial score (nSPS) is 11.8. The van der Waals surface area contributed by atoms with Crippen molar-refractivity contribution >= 4 is 39.5 Å². The molecule has 1 unspecified atom stereocenters. The Morgan fingerprint density at radius 3 is 2.41 bits per heavy atom. The Kier molecular flexibility index (Phi) is 13.3. The van der Waals surface area contributed by atoms with E-state index in [0.29, 0.717) is 18.5 Å². The number of amides is 2. The summed E-state index contributed by atoms with van der Waals surface area (Å²) in [5.41, 5.74) is 0.548. The summed E-state index contributed by atoms with van der Waals surface area (Å²) >= 11 is 5.07. The smallest absolute Gasteiger partial charge is 0.253 e. The van der Waals surface area contributed by atoms with Gasteiger partial charge < -0.3 is 10.6 Å². The third kappa shape index (κ3) is 10.2. The van der Waals surface area contributed by atoms with E-state index in [1.54, 1.807) is 17.8 Å². The van der Waals surface area contributed by atoms with Crippen molar-refractivity contribution in [2.45, 2.75) is 64.3 Å². The summed E-state index contributed by atoms with van der Waals surface area (Å²) in [5, 5.41) is 5.88. The Balaban J connectivity index is 2.42. The molecule has 0 spiro atoms. The molecule has 0 aliphatic heterocycles. The minimum atomic E-state index is -0.499. The van der Waals surface area contributed by atoms with Crippen molar-refractivity contribution in [3.63, 3.8) is 0 Å². The Morgan fingerprint density at radius 1 is 1.07 bits per heavy atom. The zero-order valence-corrected chi connectivity index (χ0v) is 19.0. The SMILES string of the molecule is CCCCCCCCCNC(=O)C(CCSC)NC(=O)c1ccccc1Br. The topological polar surface area (TPSA) is 58.2 Å². The molecule has 2 N–H and O–H groups in total. The number of unbranched alkanes of at least 4 members (excludes halogenated alkanes) is 6. The second-order valence-electron chi connectivity index (χ2n) is 6.70. The average molecular weight is 457 g/mol. The third-order valence-corrected chi connectivity index (χ3v) is 5.77. The Hall–Kier alpha value is -1.01. The van der Waals surface area contributed by atoms with Crippen LogP contribution in [-0.4, -0.2) is 36.4 Å². The van der Waals surface area contributed by atoms with E-state index in [9.17, 15) is 9.59 Å². The summed E-state index contributed by atoms with van der Waals surface area (Å²) in [6.45, 7) is 2.89. The first-order valence-electron chi connectivity index (χ1n) is 9.92. The molecular formula is C21H33BrN2O2S. The van der Waals surface area contributed by atoms with Gasteiger partial charge in [0, 0.05) is 11.0 Å². The summed E-state index contributed by atoms with van der Waals surface area (Å²) in [5.74, 6) is 0.515. The van der Waals surface area contributed by atoms with E-state index in [1.807, 2.05) is 24.5 Å². The zero-order chi connectivity index (χ0) is 19.9. The van der Waals surface area contributed by atoms with Crippen LogP contribution in [0.4, 0.5) is 0 Å². The molecule has 0 radical (unpaired) electrons. The third-order valence-electron chi connectivity index (χ3n) is 4.43. The van der Waals surface area contributed by atoms with Gasteiger partial charge >= 0.3 is 0 Å². The number of nitrogens with one attached hydrogen (secondary N) is 2. The summed E-state index contributed by atoms with van der Waals surface area (Å²) in [7, 11) is 0. The maximum absolute atomic E-state index is 12.5. The van der Waals surface area contributed by atoms with Crippen molar-refractivity contribution in [1.82, 2.24) is 10.6 Å². The first kappa shape index (κ1) is 24.0. The van der Waals surface area contributed by atoms with Crippen molar-refractivity contribution < 1.29 is 9.59 Å². The van der Waals surface area contributed by atoms with Gasteiger partial charge in [0.2, 0.25) is 5.91 Å². The van der Waals surface area contributed by atoms with E-state index in [1.165, 1.54) is 32.1 Å². The molecule has 2 amide bonds. The summed E-state index contributed by atoms with van der Waals surface area (Å²) in [6.07, 6.45) is 11.1. The average Bonchev–Trinajstić information content (AvgIpc) is 2.67. The lowest BCUT2D eigenvalue weighted by Gasteiger charge is -2.18. The minimum absolute atomic E-state index is 0.0876. The highest BCUT2D eigenvalue weighted by Gasteiger charge is 2.21. The molecule has 1 aromatic rings. The van der Waals surface area contributed by atoms with Crippen molar-refractivity contribution in [1.29, 1.82) is 0 Å². The lowest BCUT2D eigenvalue weighted by atomic mass is 10.1. The lowest BCUT2D eigenvalue weighted by Crippen LogP contribution is -2.47. The van der Waals surface area contributed by atoms with Crippen LogP contribution in [0.25, 0.3) is 0 Å². The molecule has 1 rings (SSSR count). The highest BCUT2D eigenvalue weighted by molar-refractivity contribution is 9.10. The van der Waals surface area contributed by atoms with Crippen molar-refractivity contribution in [3.8, 4) is 0 Å². The molecule has 0 aliphatic rings. The predicted molar refractivity (Wildman–Crippen MR) is 119 cm³/mol. The van der Waals surface area contributed by atoms with E-state index >= 15 is 0 Å². The number of rotatable bonds is 14. The fourth-order valence-electron chi connectivity index (χ4n) is 2.80. The molecule has 27 heavy (non-hydrogen) atoms. The van der Waals surface area contributed by atoms with Crippen molar-refractivity contribution in [3.05, 3.63) is 34.3 Å². The molecule has 0 saturated heterocycles. The molecule has 0 saturated carbocycles. The predicted octanol–water partition coefficient (Wildman–Crippen LogP) is 5.17. The van der Waals surface area contributed by atoms with Gasteiger partial charge in [0.05, 0.1) is 5.56 Å².